The van der Waals surface area contributed by atoms with Gasteiger partial charge in [0.1, 0.15) is 6.10 Å². The first kappa shape index (κ1) is 15.9. The molecule has 0 radical (unpaired) electrons. The molecule has 0 amide bonds. The smallest absolute Gasteiger partial charge is 0.178 e. The number of halogens is 3. The highest BCUT2D eigenvalue weighted by atomic mass is 79.9. The van der Waals surface area contributed by atoms with Gasteiger partial charge in [-0.05, 0) is 66.3 Å². The van der Waals surface area contributed by atoms with Crippen LogP contribution >= 0.6 is 47.8 Å². The van der Waals surface area contributed by atoms with E-state index in [1.165, 1.54) is 0 Å². The van der Waals surface area contributed by atoms with Crippen molar-refractivity contribution in [1.29, 1.82) is 0 Å². The molecule has 3 rings (SSSR count). The third-order valence-corrected chi connectivity index (χ3v) is 6.43. The van der Waals surface area contributed by atoms with E-state index < -0.39 is 12.2 Å². The van der Waals surface area contributed by atoms with E-state index in [2.05, 4.69) is 52.8 Å². The second-order valence-electron chi connectivity index (χ2n) is 5.23. The maximum Gasteiger partial charge on any atom is 0.178 e. The maximum atomic E-state index is 10.3. The van der Waals surface area contributed by atoms with E-state index in [-0.39, 0.29) is 18.6 Å². The van der Waals surface area contributed by atoms with Crippen molar-refractivity contribution >= 4 is 58.8 Å². The van der Waals surface area contributed by atoms with Crippen molar-refractivity contribution in [1.82, 2.24) is 9.55 Å². The van der Waals surface area contributed by atoms with Crippen molar-refractivity contribution in [3.8, 4) is 0 Å². The molecule has 8 heteroatoms. The summed E-state index contributed by atoms with van der Waals surface area (Å²) in [6.07, 6.45) is -1.36. The van der Waals surface area contributed by atoms with E-state index in [0.29, 0.717) is 11.2 Å². The van der Waals surface area contributed by atoms with E-state index in [1.807, 2.05) is 16.7 Å². The maximum absolute atomic E-state index is 10.3. The SMILES string of the molecule is OC[C@@H]1C[C@H](n2c(Br)nc3cc(Br)c(Br)cc32)[C@@H](O)[C@H]1O. The van der Waals surface area contributed by atoms with E-state index >= 15 is 0 Å². The number of aliphatic hydroxyl groups is 3. The molecular formula is C13H13Br3N2O3. The Bertz CT molecular complexity index is 691. The van der Waals surface area contributed by atoms with Crippen LogP contribution in [0.1, 0.15) is 12.5 Å². The summed E-state index contributed by atoms with van der Waals surface area (Å²) in [5.74, 6) is -0.326. The molecule has 1 aromatic heterocycles. The lowest BCUT2D eigenvalue weighted by molar-refractivity contribution is -0.00387. The lowest BCUT2D eigenvalue weighted by Gasteiger charge is -2.19. The zero-order valence-corrected chi connectivity index (χ0v) is 15.5. The summed E-state index contributed by atoms with van der Waals surface area (Å²) in [6, 6.07) is 3.48. The van der Waals surface area contributed by atoms with Crippen molar-refractivity contribution in [2.24, 2.45) is 5.92 Å². The second kappa shape index (κ2) is 5.90. The standard InChI is InChI=1S/C13H13Br3N2O3/c14-6-2-8-9(3-7(6)15)18(13(16)17-8)10-1-5(4-19)11(20)12(10)21/h2-3,5,10-12,19-21H,1,4H2/t5-,10-,11-,12+/m0/s1. The molecule has 1 saturated carbocycles. The minimum absolute atomic E-state index is 0.145. The topological polar surface area (TPSA) is 78.5 Å². The number of rotatable bonds is 2. The largest absolute Gasteiger partial charge is 0.396 e. The molecular weight excluding hydrogens is 472 g/mol. The van der Waals surface area contributed by atoms with Gasteiger partial charge in [0.2, 0.25) is 0 Å². The first-order chi connectivity index (χ1) is 9.93. The molecule has 0 bridgehead atoms. The number of fused-ring (bicyclic) bond motifs is 1. The third kappa shape index (κ3) is 2.60. The lowest BCUT2D eigenvalue weighted by Crippen LogP contribution is -2.30. The molecule has 3 N–H and O–H groups in total. The van der Waals surface area contributed by atoms with Gasteiger partial charge >= 0.3 is 0 Å². The van der Waals surface area contributed by atoms with Gasteiger partial charge in [-0.15, -0.1) is 0 Å². The van der Waals surface area contributed by atoms with Gasteiger partial charge in [-0.25, -0.2) is 4.98 Å². The second-order valence-corrected chi connectivity index (χ2v) is 7.65. The molecule has 114 valence electrons. The number of aromatic nitrogens is 2. The highest BCUT2D eigenvalue weighted by Gasteiger charge is 2.43. The Morgan fingerprint density at radius 2 is 1.81 bits per heavy atom. The normalized spacial score (nSPS) is 29.4. The molecule has 0 spiro atoms. The first-order valence-corrected chi connectivity index (χ1v) is 8.81. The zero-order chi connectivity index (χ0) is 15.3. The van der Waals surface area contributed by atoms with Crippen LogP contribution < -0.4 is 0 Å². The fourth-order valence-electron chi connectivity index (χ4n) is 2.91. The van der Waals surface area contributed by atoms with E-state index in [0.717, 1.165) is 20.0 Å². The molecule has 5 nitrogen and oxygen atoms in total. The number of benzene rings is 1. The predicted octanol–water partition coefficient (Wildman–Crippen LogP) is 2.60. The fourth-order valence-corrected chi connectivity index (χ4v) is 4.22. The van der Waals surface area contributed by atoms with Crippen molar-refractivity contribution in [3.63, 3.8) is 0 Å². The highest BCUT2D eigenvalue weighted by molar-refractivity contribution is 9.13. The van der Waals surface area contributed by atoms with E-state index in [4.69, 9.17) is 0 Å². The summed E-state index contributed by atoms with van der Waals surface area (Å²) in [5.41, 5.74) is 1.64. The molecule has 0 unspecified atom stereocenters. The van der Waals surface area contributed by atoms with Crippen LogP contribution in [0, 0.1) is 5.92 Å². The Labute approximate surface area is 146 Å². The molecule has 1 aliphatic rings. The molecule has 0 saturated heterocycles. The average molecular weight is 485 g/mol. The van der Waals surface area contributed by atoms with Crippen molar-refractivity contribution in [3.05, 3.63) is 25.8 Å². The molecule has 1 fully saturated rings. The van der Waals surface area contributed by atoms with Crippen LogP contribution in [0.2, 0.25) is 0 Å². The van der Waals surface area contributed by atoms with Crippen molar-refractivity contribution < 1.29 is 15.3 Å². The molecule has 2 aromatic rings. The van der Waals surface area contributed by atoms with Gasteiger partial charge in [-0.1, -0.05) is 0 Å². The van der Waals surface area contributed by atoms with Gasteiger partial charge in [-0.3, -0.25) is 0 Å². The summed E-state index contributed by atoms with van der Waals surface area (Å²) in [4.78, 5) is 4.44. The first-order valence-electron chi connectivity index (χ1n) is 6.43. The zero-order valence-electron chi connectivity index (χ0n) is 10.7. The van der Waals surface area contributed by atoms with Gasteiger partial charge in [0.15, 0.2) is 4.73 Å². The minimum atomic E-state index is -0.932. The van der Waals surface area contributed by atoms with Crippen LogP contribution in [-0.4, -0.2) is 43.7 Å². The van der Waals surface area contributed by atoms with Crippen LogP contribution in [0.3, 0.4) is 0 Å². The van der Waals surface area contributed by atoms with Gasteiger partial charge in [0.25, 0.3) is 0 Å². The van der Waals surface area contributed by atoms with Crippen LogP contribution in [0.5, 0.6) is 0 Å². The van der Waals surface area contributed by atoms with Gasteiger partial charge < -0.3 is 19.9 Å². The summed E-state index contributed by atoms with van der Waals surface area (Å²) >= 11 is 10.3. The summed E-state index contributed by atoms with van der Waals surface area (Å²) in [5, 5.41) is 29.6. The third-order valence-electron chi connectivity index (χ3n) is 4.03. The van der Waals surface area contributed by atoms with Crippen LogP contribution in [0.15, 0.2) is 25.8 Å². The van der Waals surface area contributed by atoms with Gasteiger partial charge in [0.05, 0.1) is 23.2 Å². The lowest BCUT2D eigenvalue weighted by atomic mass is 10.1. The van der Waals surface area contributed by atoms with E-state index in [9.17, 15) is 15.3 Å². The Morgan fingerprint density at radius 3 is 2.43 bits per heavy atom. The van der Waals surface area contributed by atoms with Crippen LogP contribution in [0.4, 0.5) is 0 Å². The number of imidazole rings is 1. The fraction of sp³-hybridized carbons (Fsp3) is 0.462. The number of hydrogen-bond donors (Lipinski definition) is 3. The summed E-state index contributed by atoms with van der Waals surface area (Å²) in [6.45, 7) is -0.145. The number of aliphatic hydroxyl groups excluding tert-OH is 3. The van der Waals surface area contributed by atoms with Crippen LogP contribution in [0.25, 0.3) is 11.0 Å². The predicted molar refractivity (Wildman–Crippen MR) is 89.1 cm³/mol. The Hall–Kier alpha value is 0.01000. The Balaban J connectivity index is 2.12. The monoisotopic (exact) mass is 482 g/mol. The summed E-state index contributed by atoms with van der Waals surface area (Å²) < 4.78 is 4.25. The average Bonchev–Trinajstić information content (AvgIpc) is 2.89. The molecule has 4 atom stereocenters. The van der Waals surface area contributed by atoms with E-state index in [1.54, 1.807) is 0 Å². The van der Waals surface area contributed by atoms with Crippen molar-refractivity contribution in [2.45, 2.75) is 24.7 Å². The van der Waals surface area contributed by atoms with Crippen molar-refractivity contribution in [2.75, 3.05) is 6.61 Å². The number of nitrogens with zero attached hydrogens (tertiary/aromatic N) is 2. The van der Waals surface area contributed by atoms with Gasteiger partial charge in [-0.2, -0.15) is 0 Å². The quantitative estimate of drug-likeness (QED) is 0.612. The Kier molecular flexibility index (Phi) is 4.46. The molecule has 21 heavy (non-hydrogen) atoms. The van der Waals surface area contributed by atoms with Crippen LogP contribution in [-0.2, 0) is 0 Å². The minimum Gasteiger partial charge on any atom is -0.396 e. The Morgan fingerprint density at radius 1 is 1.14 bits per heavy atom. The molecule has 1 heterocycles. The van der Waals surface area contributed by atoms with Gasteiger partial charge in [0, 0.05) is 21.5 Å². The molecule has 0 aliphatic heterocycles. The summed E-state index contributed by atoms with van der Waals surface area (Å²) in [7, 11) is 0. The molecule has 1 aliphatic carbocycles. The molecule has 1 aromatic carbocycles. The highest BCUT2D eigenvalue weighted by Crippen LogP contribution is 2.40. The number of hydrogen-bond acceptors (Lipinski definition) is 4.